The minimum Gasteiger partial charge on any atom is -0.330 e. The Bertz CT molecular complexity index is 788. The lowest BCUT2D eigenvalue weighted by molar-refractivity contribution is 0.509. The fourth-order valence-electron chi connectivity index (χ4n) is 3.12. The van der Waals surface area contributed by atoms with Crippen LogP contribution in [-0.2, 0) is 16.3 Å². The molecule has 3 rings (SSSR count). The van der Waals surface area contributed by atoms with Crippen molar-refractivity contribution in [1.82, 2.24) is 0 Å². The van der Waals surface area contributed by atoms with Crippen molar-refractivity contribution in [2.24, 2.45) is 5.73 Å². The van der Waals surface area contributed by atoms with Gasteiger partial charge in [-0.3, -0.25) is 0 Å². The molecule has 0 aromatic heterocycles. The van der Waals surface area contributed by atoms with Gasteiger partial charge in [-0.1, -0.05) is 18.2 Å². The van der Waals surface area contributed by atoms with Crippen LogP contribution in [0.25, 0.3) is 0 Å². The van der Waals surface area contributed by atoms with Crippen LogP contribution in [0.15, 0.2) is 52.3 Å². The predicted octanol–water partition coefficient (Wildman–Crippen LogP) is 3.04. The molecule has 1 atom stereocenters. The van der Waals surface area contributed by atoms with Crippen LogP contribution >= 0.6 is 0 Å². The summed E-state index contributed by atoms with van der Waals surface area (Å²) < 4.78 is 39.8. The highest BCUT2D eigenvalue weighted by atomic mass is 32.2. The Labute approximate surface area is 129 Å². The first kappa shape index (κ1) is 15.2. The van der Waals surface area contributed by atoms with Crippen LogP contribution in [0.4, 0.5) is 4.39 Å². The Balaban J connectivity index is 2.13. The average Bonchev–Trinajstić information content (AvgIpc) is 2.54. The van der Waals surface area contributed by atoms with Crippen LogP contribution < -0.4 is 5.73 Å². The molecule has 0 fully saturated rings. The van der Waals surface area contributed by atoms with Gasteiger partial charge in [0.15, 0.2) is 0 Å². The van der Waals surface area contributed by atoms with Gasteiger partial charge in [-0.05, 0) is 67.1 Å². The molecule has 0 saturated heterocycles. The summed E-state index contributed by atoms with van der Waals surface area (Å²) in [4.78, 5) is 0.202. The van der Waals surface area contributed by atoms with Crippen LogP contribution in [0.1, 0.15) is 29.9 Å². The van der Waals surface area contributed by atoms with Gasteiger partial charge in [-0.25, -0.2) is 12.8 Å². The molecule has 1 aliphatic carbocycles. The Morgan fingerprint density at radius 3 is 2.55 bits per heavy atom. The lowest BCUT2D eigenvalue weighted by atomic mass is 9.82. The summed E-state index contributed by atoms with van der Waals surface area (Å²) in [5, 5.41) is 0. The number of rotatable bonds is 3. The van der Waals surface area contributed by atoms with E-state index in [2.05, 4.69) is 0 Å². The summed E-state index contributed by atoms with van der Waals surface area (Å²) in [6, 6.07) is 10.9. The average molecular weight is 319 g/mol. The number of sulfone groups is 1. The first-order valence-electron chi connectivity index (χ1n) is 7.36. The summed E-state index contributed by atoms with van der Waals surface area (Å²) in [6.07, 6.45) is 2.45. The third kappa shape index (κ3) is 2.55. The summed E-state index contributed by atoms with van der Waals surface area (Å²) in [7, 11) is -3.69. The van der Waals surface area contributed by atoms with Crippen molar-refractivity contribution in [3.63, 3.8) is 0 Å². The SMILES string of the molecule is NCC1CCCc2cc(S(=O)(=O)c3ccccc3)cc(F)c21. The Kier molecular flexibility index (Phi) is 4.02. The highest BCUT2D eigenvalue weighted by Crippen LogP contribution is 2.35. The van der Waals surface area contributed by atoms with Gasteiger partial charge in [0.25, 0.3) is 0 Å². The number of aryl methyl sites for hydroxylation is 1. The van der Waals surface area contributed by atoms with Gasteiger partial charge in [0, 0.05) is 0 Å². The number of benzene rings is 2. The molecule has 5 heteroatoms. The largest absolute Gasteiger partial charge is 0.330 e. The number of hydrogen-bond acceptors (Lipinski definition) is 3. The fourth-order valence-corrected chi connectivity index (χ4v) is 4.46. The van der Waals surface area contributed by atoms with Gasteiger partial charge < -0.3 is 5.73 Å². The molecule has 3 nitrogen and oxygen atoms in total. The second-order valence-corrected chi connectivity index (χ2v) is 7.57. The van der Waals surface area contributed by atoms with E-state index in [9.17, 15) is 12.8 Å². The quantitative estimate of drug-likeness (QED) is 0.946. The topological polar surface area (TPSA) is 60.2 Å². The van der Waals surface area contributed by atoms with Crippen LogP contribution in [0.2, 0.25) is 0 Å². The highest BCUT2D eigenvalue weighted by Gasteiger charge is 2.27. The molecule has 116 valence electrons. The second kappa shape index (κ2) is 5.82. The zero-order valence-electron chi connectivity index (χ0n) is 12.1. The first-order chi connectivity index (χ1) is 10.5. The maximum atomic E-state index is 14.5. The third-order valence-electron chi connectivity index (χ3n) is 4.24. The van der Waals surface area contributed by atoms with Crippen LogP contribution in [0, 0.1) is 5.82 Å². The Morgan fingerprint density at radius 1 is 1.14 bits per heavy atom. The maximum absolute atomic E-state index is 14.5. The van der Waals surface area contributed by atoms with Crippen molar-refractivity contribution < 1.29 is 12.8 Å². The summed E-state index contributed by atoms with van der Waals surface area (Å²) in [5.41, 5.74) is 7.09. The summed E-state index contributed by atoms with van der Waals surface area (Å²) in [5.74, 6) is -0.473. The summed E-state index contributed by atoms with van der Waals surface area (Å²) >= 11 is 0. The van der Waals surface area contributed by atoms with E-state index >= 15 is 0 Å². The number of nitrogens with two attached hydrogens (primary N) is 1. The van der Waals surface area contributed by atoms with Crippen LogP contribution in [0.5, 0.6) is 0 Å². The molecule has 0 amide bonds. The zero-order valence-corrected chi connectivity index (χ0v) is 12.9. The van der Waals surface area contributed by atoms with E-state index in [1.807, 2.05) is 0 Å². The van der Waals surface area contributed by atoms with Gasteiger partial charge >= 0.3 is 0 Å². The molecule has 2 aromatic carbocycles. The van der Waals surface area contributed by atoms with Crippen molar-refractivity contribution in [2.75, 3.05) is 6.54 Å². The molecule has 0 aliphatic heterocycles. The lowest BCUT2D eigenvalue weighted by Crippen LogP contribution is -2.20. The van der Waals surface area contributed by atoms with E-state index in [0.717, 1.165) is 24.5 Å². The Morgan fingerprint density at radius 2 is 1.86 bits per heavy atom. The zero-order chi connectivity index (χ0) is 15.7. The number of fused-ring (bicyclic) bond motifs is 1. The monoisotopic (exact) mass is 319 g/mol. The minimum absolute atomic E-state index is 0.0165. The lowest BCUT2D eigenvalue weighted by Gasteiger charge is -2.25. The van der Waals surface area contributed by atoms with E-state index in [1.54, 1.807) is 24.3 Å². The van der Waals surface area contributed by atoms with Crippen LogP contribution in [-0.4, -0.2) is 15.0 Å². The van der Waals surface area contributed by atoms with E-state index in [0.29, 0.717) is 18.5 Å². The molecule has 1 unspecified atom stereocenters. The fraction of sp³-hybridized carbons (Fsp3) is 0.294. The second-order valence-electron chi connectivity index (χ2n) is 5.62. The normalized spacial score (nSPS) is 18.0. The third-order valence-corrected chi connectivity index (χ3v) is 5.99. The van der Waals surface area contributed by atoms with Crippen molar-refractivity contribution in [3.05, 3.63) is 59.4 Å². The number of hydrogen-bond donors (Lipinski definition) is 1. The molecular weight excluding hydrogens is 301 g/mol. The molecule has 0 spiro atoms. The standard InChI is InChI=1S/C17H18FNO2S/c18-16-10-15(22(20,21)14-7-2-1-3-8-14)9-12-5-4-6-13(11-19)17(12)16/h1-3,7-10,13H,4-6,11,19H2. The molecule has 0 radical (unpaired) electrons. The smallest absolute Gasteiger partial charge is 0.206 e. The van der Waals surface area contributed by atoms with E-state index in [-0.39, 0.29) is 15.7 Å². The molecule has 2 aromatic rings. The van der Waals surface area contributed by atoms with Crippen molar-refractivity contribution >= 4 is 9.84 Å². The van der Waals surface area contributed by atoms with Gasteiger partial charge in [-0.2, -0.15) is 0 Å². The van der Waals surface area contributed by atoms with Gasteiger partial charge in [0.1, 0.15) is 5.82 Å². The van der Waals surface area contributed by atoms with E-state index < -0.39 is 15.7 Å². The summed E-state index contributed by atoms with van der Waals surface area (Å²) in [6.45, 7) is 0.384. The maximum Gasteiger partial charge on any atom is 0.206 e. The molecule has 22 heavy (non-hydrogen) atoms. The van der Waals surface area contributed by atoms with E-state index in [4.69, 9.17) is 5.73 Å². The van der Waals surface area contributed by atoms with E-state index in [1.165, 1.54) is 12.1 Å². The predicted molar refractivity (Wildman–Crippen MR) is 83.0 cm³/mol. The molecule has 0 saturated carbocycles. The van der Waals surface area contributed by atoms with Gasteiger partial charge in [0.05, 0.1) is 9.79 Å². The molecule has 1 aliphatic rings. The molecule has 0 bridgehead atoms. The molecule has 2 N–H and O–H groups in total. The van der Waals surface area contributed by atoms with Crippen molar-refractivity contribution in [2.45, 2.75) is 35.0 Å². The van der Waals surface area contributed by atoms with Crippen molar-refractivity contribution in [3.8, 4) is 0 Å². The highest BCUT2D eigenvalue weighted by molar-refractivity contribution is 7.91. The van der Waals surface area contributed by atoms with Crippen molar-refractivity contribution in [1.29, 1.82) is 0 Å². The molecular formula is C17H18FNO2S. The minimum atomic E-state index is -3.69. The van der Waals surface area contributed by atoms with Gasteiger partial charge in [-0.15, -0.1) is 0 Å². The molecule has 0 heterocycles. The van der Waals surface area contributed by atoms with Crippen LogP contribution in [0.3, 0.4) is 0 Å². The number of halogens is 1. The first-order valence-corrected chi connectivity index (χ1v) is 8.85. The van der Waals surface area contributed by atoms with Gasteiger partial charge in [0.2, 0.25) is 9.84 Å². The Hall–Kier alpha value is -1.72.